The van der Waals surface area contributed by atoms with Crippen molar-refractivity contribution in [1.82, 2.24) is 0 Å². The van der Waals surface area contributed by atoms with Crippen molar-refractivity contribution in [2.45, 2.75) is 20.1 Å². The maximum absolute atomic E-state index is 8.92. The van der Waals surface area contributed by atoms with Crippen LogP contribution in [-0.2, 0) is 4.74 Å². The van der Waals surface area contributed by atoms with Crippen molar-refractivity contribution in [2.24, 2.45) is 5.92 Å². The molecule has 0 aliphatic heterocycles. The van der Waals surface area contributed by atoms with E-state index in [-0.39, 0.29) is 19.1 Å². The Labute approximate surface area is 55.3 Å². The number of hydrogen-bond acceptors (Lipinski definition) is 3. The summed E-state index contributed by atoms with van der Waals surface area (Å²) in [7, 11) is 0. The Morgan fingerprint density at radius 1 is 1.44 bits per heavy atom. The highest BCUT2D eigenvalue weighted by Gasteiger charge is 2.07. The average Bonchev–Trinajstić information content (AvgIpc) is 1.82. The standard InChI is InChI=1S/C6H14O3/c1-5(2)6(8)9-4-3-7/h5-8H,3-4H2,1-2H3/t6-/m0/s1. The lowest BCUT2D eigenvalue weighted by Crippen LogP contribution is -2.20. The van der Waals surface area contributed by atoms with Crippen molar-refractivity contribution in [2.75, 3.05) is 13.2 Å². The van der Waals surface area contributed by atoms with Gasteiger partial charge in [0.05, 0.1) is 13.2 Å². The largest absolute Gasteiger partial charge is 0.394 e. The summed E-state index contributed by atoms with van der Waals surface area (Å²) in [5, 5.41) is 17.2. The normalized spacial score (nSPS) is 14.3. The predicted octanol–water partition coefficient (Wildman–Crippen LogP) is -0.0303. The molecule has 0 amide bonds. The second-order valence-electron chi connectivity index (χ2n) is 2.23. The molecular formula is C6H14O3. The first-order valence-corrected chi connectivity index (χ1v) is 3.09. The fraction of sp³-hybridized carbons (Fsp3) is 1.00. The quantitative estimate of drug-likeness (QED) is 0.531. The van der Waals surface area contributed by atoms with Gasteiger partial charge in [-0.2, -0.15) is 0 Å². The zero-order valence-corrected chi connectivity index (χ0v) is 5.87. The Morgan fingerprint density at radius 3 is 2.33 bits per heavy atom. The number of aliphatic hydroxyl groups is 2. The molecule has 0 saturated heterocycles. The molecule has 0 radical (unpaired) electrons. The van der Waals surface area contributed by atoms with Gasteiger partial charge in [0.25, 0.3) is 0 Å². The summed E-state index contributed by atoms with van der Waals surface area (Å²) in [6.45, 7) is 3.87. The van der Waals surface area contributed by atoms with Gasteiger partial charge in [0.1, 0.15) is 0 Å². The van der Waals surface area contributed by atoms with Gasteiger partial charge in [0.2, 0.25) is 0 Å². The third-order valence-electron chi connectivity index (χ3n) is 0.950. The number of rotatable bonds is 4. The topological polar surface area (TPSA) is 49.7 Å². The Hall–Kier alpha value is -0.120. The molecule has 0 saturated carbocycles. The first kappa shape index (κ1) is 8.88. The van der Waals surface area contributed by atoms with Crippen LogP contribution in [0.2, 0.25) is 0 Å². The SMILES string of the molecule is CC(C)[C@@H](O)OCCO. The minimum absolute atomic E-state index is 0.0379. The molecule has 0 fully saturated rings. The number of ether oxygens (including phenoxy) is 1. The van der Waals surface area contributed by atoms with E-state index < -0.39 is 6.29 Å². The highest BCUT2D eigenvalue weighted by Crippen LogP contribution is 2.00. The summed E-state index contributed by atoms with van der Waals surface area (Å²) < 4.78 is 4.76. The van der Waals surface area contributed by atoms with Crippen molar-refractivity contribution in [3.63, 3.8) is 0 Å². The van der Waals surface area contributed by atoms with Crippen molar-refractivity contribution in [3.8, 4) is 0 Å². The second kappa shape index (κ2) is 4.73. The summed E-state index contributed by atoms with van der Waals surface area (Å²) in [6, 6.07) is 0. The van der Waals surface area contributed by atoms with Crippen molar-refractivity contribution in [1.29, 1.82) is 0 Å². The highest BCUT2D eigenvalue weighted by molar-refractivity contribution is 4.45. The van der Waals surface area contributed by atoms with Crippen molar-refractivity contribution < 1.29 is 14.9 Å². The van der Waals surface area contributed by atoms with Crippen LogP contribution in [0, 0.1) is 5.92 Å². The lowest BCUT2D eigenvalue weighted by atomic mass is 10.2. The summed E-state index contributed by atoms with van der Waals surface area (Å²) >= 11 is 0. The molecule has 0 bridgehead atoms. The first-order chi connectivity index (χ1) is 4.18. The minimum Gasteiger partial charge on any atom is -0.394 e. The lowest BCUT2D eigenvalue weighted by molar-refractivity contribution is -0.132. The second-order valence-corrected chi connectivity index (χ2v) is 2.23. The van der Waals surface area contributed by atoms with E-state index in [1.165, 1.54) is 0 Å². The van der Waals surface area contributed by atoms with Crippen LogP contribution in [0.1, 0.15) is 13.8 Å². The van der Waals surface area contributed by atoms with E-state index in [1.807, 2.05) is 13.8 Å². The smallest absolute Gasteiger partial charge is 0.156 e. The zero-order valence-electron chi connectivity index (χ0n) is 5.87. The molecule has 0 rings (SSSR count). The molecule has 0 aromatic carbocycles. The predicted molar refractivity (Wildman–Crippen MR) is 33.9 cm³/mol. The van der Waals surface area contributed by atoms with E-state index in [2.05, 4.69) is 0 Å². The van der Waals surface area contributed by atoms with Crippen molar-refractivity contribution in [3.05, 3.63) is 0 Å². The van der Waals surface area contributed by atoms with Crippen LogP contribution >= 0.6 is 0 Å². The molecule has 0 aliphatic rings. The molecule has 0 unspecified atom stereocenters. The van der Waals surface area contributed by atoms with Gasteiger partial charge in [-0.25, -0.2) is 0 Å². The van der Waals surface area contributed by atoms with Crippen molar-refractivity contribution >= 4 is 0 Å². The molecule has 2 N–H and O–H groups in total. The summed E-state index contributed by atoms with van der Waals surface area (Å²) in [4.78, 5) is 0. The molecule has 0 aromatic rings. The van der Waals surface area contributed by atoms with E-state index in [9.17, 15) is 0 Å². The van der Waals surface area contributed by atoms with E-state index in [0.717, 1.165) is 0 Å². The summed E-state index contributed by atoms with van der Waals surface area (Å²) in [5.74, 6) is 0.0940. The van der Waals surface area contributed by atoms with Crippen LogP contribution in [0.25, 0.3) is 0 Å². The van der Waals surface area contributed by atoms with Gasteiger partial charge < -0.3 is 14.9 Å². The Bertz CT molecular complexity index is 63.3. The first-order valence-electron chi connectivity index (χ1n) is 3.09. The van der Waals surface area contributed by atoms with E-state index >= 15 is 0 Å². The summed E-state index contributed by atoms with van der Waals surface area (Å²) in [5.41, 5.74) is 0. The molecular weight excluding hydrogens is 120 g/mol. The van der Waals surface area contributed by atoms with Crippen LogP contribution in [0.15, 0.2) is 0 Å². The van der Waals surface area contributed by atoms with Crippen LogP contribution in [0.4, 0.5) is 0 Å². The maximum Gasteiger partial charge on any atom is 0.156 e. The molecule has 0 aliphatic carbocycles. The van der Waals surface area contributed by atoms with Gasteiger partial charge in [-0.1, -0.05) is 13.8 Å². The third kappa shape index (κ3) is 4.39. The molecule has 3 heteroatoms. The molecule has 9 heavy (non-hydrogen) atoms. The van der Waals surface area contributed by atoms with Gasteiger partial charge in [0, 0.05) is 5.92 Å². The molecule has 3 nitrogen and oxygen atoms in total. The van der Waals surface area contributed by atoms with E-state index in [4.69, 9.17) is 14.9 Å². The number of hydrogen-bond donors (Lipinski definition) is 2. The molecule has 0 heterocycles. The van der Waals surface area contributed by atoms with Crippen LogP contribution in [0.5, 0.6) is 0 Å². The third-order valence-corrected chi connectivity index (χ3v) is 0.950. The lowest BCUT2D eigenvalue weighted by Gasteiger charge is -2.13. The van der Waals surface area contributed by atoms with E-state index in [1.54, 1.807) is 0 Å². The molecule has 1 atom stereocenters. The molecule has 0 aromatic heterocycles. The van der Waals surface area contributed by atoms with Crippen LogP contribution in [0.3, 0.4) is 0 Å². The Morgan fingerprint density at radius 2 is 2.00 bits per heavy atom. The Balaban J connectivity index is 3.16. The number of aliphatic hydroxyl groups excluding tert-OH is 2. The zero-order chi connectivity index (χ0) is 7.28. The van der Waals surface area contributed by atoms with E-state index in [0.29, 0.717) is 0 Å². The van der Waals surface area contributed by atoms with Gasteiger partial charge in [-0.15, -0.1) is 0 Å². The van der Waals surface area contributed by atoms with Gasteiger partial charge >= 0.3 is 0 Å². The monoisotopic (exact) mass is 134 g/mol. The summed E-state index contributed by atoms with van der Waals surface area (Å²) in [6.07, 6.45) is -0.739. The van der Waals surface area contributed by atoms with Gasteiger partial charge in [-0.3, -0.25) is 0 Å². The molecule has 56 valence electrons. The van der Waals surface area contributed by atoms with Gasteiger partial charge in [-0.05, 0) is 0 Å². The highest BCUT2D eigenvalue weighted by atomic mass is 16.6. The average molecular weight is 134 g/mol. The molecule has 0 spiro atoms. The Kier molecular flexibility index (Phi) is 4.67. The maximum atomic E-state index is 8.92. The minimum atomic E-state index is -0.739. The fourth-order valence-electron chi connectivity index (χ4n) is 0.366. The van der Waals surface area contributed by atoms with Crippen LogP contribution < -0.4 is 0 Å². The van der Waals surface area contributed by atoms with Gasteiger partial charge in [0.15, 0.2) is 6.29 Å². The fourth-order valence-corrected chi connectivity index (χ4v) is 0.366. The van der Waals surface area contributed by atoms with Crippen LogP contribution in [-0.4, -0.2) is 29.7 Å².